The summed E-state index contributed by atoms with van der Waals surface area (Å²) in [4.78, 5) is 12.9. The normalized spacial score (nSPS) is 11.2. The number of benzene rings is 3. The number of para-hydroxylation sites is 1. The summed E-state index contributed by atoms with van der Waals surface area (Å²) in [6.07, 6.45) is 5.15. The van der Waals surface area contributed by atoms with Crippen molar-refractivity contribution >= 4 is 35.1 Å². The molecule has 2 heterocycles. The first-order chi connectivity index (χ1) is 16.6. The lowest BCUT2D eigenvalue weighted by Gasteiger charge is -2.01. The highest BCUT2D eigenvalue weighted by Gasteiger charge is 2.14. The zero-order valence-corrected chi connectivity index (χ0v) is 19.4. The molecule has 5 rings (SSSR count). The van der Waals surface area contributed by atoms with Gasteiger partial charge in [0.1, 0.15) is 5.76 Å². The van der Waals surface area contributed by atoms with Gasteiger partial charge in [0.25, 0.3) is 0 Å². The molecule has 0 bridgehead atoms. The van der Waals surface area contributed by atoms with Crippen molar-refractivity contribution in [3.63, 3.8) is 0 Å². The number of ketones is 1. The molecule has 34 heavy (non-hydrogen) atoms. The van der Waals surface area contributed by atoms with Crippen LogP contribution >= 0.6 is 23.2 Å². The van der Waals surface area contributed by atoms with Crippen LogP contribution in [0.3, 0.4) is 0 Å². The first-order valence-corrected chi connectivity index (χ1v) is 11.3. The van der Waals surface area contributed by atoms with E-state index in [4.69, 9.17) is 32.7 Å². The SMILES string of the molecule is O=C(/C=C/c1cn(-c2ccccc2)nc1-c1ccccc1)c1ccc(-c2cc(Cl)ccc2Cl)o1. The predicted molar refractivity (Wildman–Crippen MR) is 137 cm³/mol. The molecular formula is C28H18Cl2N2O2. The molecule has 0 fully saturated rings. The molecule has 2 aromatic heterocycles. The Morgan fingerprint density at radius 3 is 2.38 bits per heavy atom. The van der Waals surface area contributed by atoms with Crippen LogP contribution in [0.2, 0.25) is 10.0 Å². The molecule has 0 aliphatic carbocycles. The Morgan fingerprint density at radius 1 is 0.882 bits per heavy atom. The molecule has 0 N–H and O–H groups in total. The molecule has 0 spiro atoms. The van der Waals surface area contributed by atoms with Gasteiger partial charge in [-0.2, -0.15) is 5.10 Å². The first-order valence-electron chi connectivity index (χ1n) is 10.6. The van der Waals surface area contributed by atoms with E-state index in [9.17, 15) is 4.79 Å². The third kappa shape index (κ3) is 4.60. The number of carbonyl (C=O) groups is 1. The number of nitrogens with zero attached hydrogens (tertiary/aromatic N) is 2. The summed E-state index contributed by atoms with van der Waals surface area (Å²) >= 11 is 12.3. The molecule has 0 radical (unpaired) electrons. The maximum atomic E-state index is 12.9. The summed E-state index contributed by atoms with van der Waals surface area (Å²) in [6.45, 7) is 0. The number of hydrogen-bond donors (Lipinski definition) is 0. The molecule has 0 saturated carbocycles. The van der Waals surface area contributed by atoms with E-state index in [0.717, 1.165) is 22.5 Å². The van der Waals surface area contributed by atoms with Gasteiger partial charge >= 0.3 is 0 Å². The number of allylic oxidation sites excluding steroid dienone is 1. The fraction of sp³-hybridized carbons (Fsp3) is 0. The standard InChI is InChI=1S/C28H18Cl2N2O2/c29-21-12-13-24(30)23(17-21)26-15-16-27(34-26)25(33)14-11-20-18-32(22-9-5-2-6-10-22)31-28(20)19-7-3-1-4-8-19/h1-18H/b14-11+. The average Bonchev–Trinajstić information content (AvgIpc) is 3.53. The minimum atomic E-state index is -0.268. The number of halogens is 2. The molecule has 0 aliphatic heterocycles. The van der Waals surface area contributed by atoms with Crippen LogP contribution in [0.4, 0.5) is 0 Å². The predicted octanol–water partition coefficient (Wildman–Crippen LogP) is 8.00. The fourth-order valence-electron chi connectivity index (χ4n) is 3.59. The first kappa shape index (κ1) is 22.0. The lowest BCUT2D eigenvalue weighted by molar-refractivity contribution is 0.102. The molecule has 3 aromatic carbocycles. The summed E-state index contributed by atoms with van der Waals surface area (Å²) in [5.74, 6) is 0.418. The minimum absolute atomic E-state index is 0.207. The summed E-state index contributed by atoms with van der Waals surface area (Å²) in [5, 5.41) is 5.80. The molecule has 0 amide bonds. The Kier molecular flexibility index (Phi) is 6.17. The molecular weight excluding hydrogens is 467 g/mol. The molecule has 5 aromatic rings. The van der Waals surface area contributed by atoms with Gasteiger partial charge in [0.2, 0.25) is 5.78 Å². The van der Waals surface area contributed by atoms with Crippen LogP contribution in [0.1, 0.15) is 16.1 Å². The number of hydrogen-bond acceptors (Lipinski definition) is 3. The van der Waals surface area contributed by atoms with Crippen molar-refractivity contribution in [1.29, 1.82) is 0 Å². The molecule has 166 valence electrons. The lowest BCUT2D eigenvalue weighted by Crippen LogP contribution is -1.93. The average molecular weight is 485 g/mol. The summed E-state index contributed by atoms with van der Waals surface area (Å²) < 4.78 is 7.58. The number of aromatic nitrogens is 2. The van der Waals surface area contributed by atoms with Crippen molar-refractivity contribution in [2.24, 2.45) is 0 Å². The zero-order valence-electron chi connectivity index (χ0n) is 17.9. The number of furan rings is 1. The van der Waals surface area contributed by atoms with Crippen molar-refractivity contribution in [3.8, 4) is 28.3 Å². The number of rotatable bonds is 6. The molecule has 0 saturated heterocycles. The van der Waals surface area contributed by atoms with Gasteiger partial charge in [0, 0.05) is 27.9 Å². The molecule has 0 atom stereocenters. The van der Waals surface area contributed by atoms with Crippen molar-refractivity contribution in [3.05, 3.63) is 125 Å². The third-order valence-corrected chi connectivity index (χ3v) is 5.83. The van der Waals surface area contributed by atoms with Crippen molar-refractivity contribution in [1.82, 2.24) is 9.78 Å². The molecule has 0 unspecified atom stereocenters. The second kappa shape index (κ2) is 9.56. The quantitative estimate of drug-likeness (QED) is 0.181. The topological polar surface area (TPSA) is 48.0 Å². The molecule has 6 heteroatoms. The highest BCUT2D eigenvalue weighted by atomic mass is 35.5. The Morgan fingerprint density at radius 2 is 1.62 bits per heavy atom. The van der Waals surface area contributed by atoms with Gasteiger partial charge in [0.15, 0.2) is 5.76 Å². The van der Waals surface area contributed by atoms with Crippen LogP contribution in [-0.4, -0.2) is 15.6 Å². The largest absolute Gasteiger partial charge is 0.453 e. The van der Waals surface area contributed by atoms with Gasteiger partial charge < -0.3 is 4.42 Å². The van der Waals surface area contributed by atoms with E-state index in [1.807, 2.05) is 66.9 Å². The second-order valence-corrected chi connectivity index (χ2v) is 8.41. The summed E-state index contributed by atoms with van der Waals surface area (Å²) in [6, 6.07) is 28.1. The maximum Gasteiger partial charge on any atom is 0.221 e. The monoisotopic (exact) mass is 484 g/mol. The minimum Gasteiger partial charge on any atom is -0.453 e. The zero-order chi connectivity index (χ0) is 23.5. The van der Waals surface area contributed by atoms with Crippen LogP contribution < -0.4 is 0 Å². The van der Waals surface area contributed by atoms with Crippen LogP contribution in [0.5, 0.6) is 0 Å². The summed E-state index contributed by atoms with van der Waals surface area (Å²) in [5.41, 5.74) is 4.11. The van der Waals surface area contributed by atoms with Crippen molar-refractivity contribution in [2.75, 3.05) is 0 Å². The van der Waals surface area contributed by atoms with E-state index in [1.54, 1.807) is 41.1 Å². The second-order valence-electron chi connectivity index (χ2n) is 7.56. The number of carbonyl (C=O) groups excluding carboxylic acids is 1. The van der Waals surface area contributed by atoms with Gasteiger partial charge in [-0.1, -0.05) is 71.7 Å². The van der Waals surface area contributed by atoms with Gasteiger partial charge in [-0.3, -0.25) is 4.79 Å². The van der Waals surface area contributed by atoms with E-state index in [2.05, 4.69) is 0 Å². The van der Waals surface area contributed by atoms with Gasteiger partial charge in [-0.15, -0.1) is 0 Å². The third-order valence-electron chi connectivity index (χ3n) is 5.27. The van der Waals surface area contributed by atoms with E-state index in [0.29, 0.717) is 21.4 Å². The highest BCUT2D eigenvalue weighted by molar-refractivity contribution is 6.35. The van der Waals surface area contributed by atoms with Crippen LogP contribution in [0.25, 0.3) is 34.3 Å². The van der Waals surface area contributed by atoms with E-state index >= 15 is 0 Å². The maximum absolute atomic E-state index is 12.9. The Bertz CT molecular complexity index is 1490. The lowest BCUT2D eigenvalue weighted by atomic mass is 10.1. The van der Waals surface area contributed by atoms with E-state index in [1.165, 1.54) is 6.08 Å². The smallest absolute Gasteiger partial charge is 0.221 e. The van der Waals surface area contributed by atoms with Crippen LogP contribution in [0.15, 0.2) is 108 Å². The van der Waals surface area contributed by atoms with Crippen molar-refractivity contribution < 1.29 is 9.21 Å². The Balaban J connectivity index is 1.46. The molecule has 0 aliphatic rings. The van der Waals surface area contributed by atoms with Crippen LogP contribution in [0, 0.1) is 0 Å². The van der Waals surface area contributed by atoms with Crippen molar-refractivity contribution in [2.45, 2.75) is 0 Å². The molecule has 4 nitrogen and oxygen atoms in total. The fourth-order valence-corrected chi connectivity index (χ4v) is 3.97. The van der Waals surface area contributed by atoms with E-state index in [-0.39, 0.29) is 11.5 Å². The Labute approximate surface area is 206 Å². The van der Waals surface area contributed by atoms with Gasteiger partial charge in [-0.25, -0.2) is 4.68 Å². The van der Waals surface area contributed by atoms with Gasteiger partial charge in [-0.05, 0) is 54.6 Å². The summed E-state index contributed by atoms with van der Waals surface area (Å²) in [7, 11) is 0. The highest BCUT2D eigenvalue weighted by Crippen LogP contribution is 2.32. The van der Waals surface area contributed by atoms with Crippen LogP contribution in [-0.2, 0) is 0 Å². The van der Waals surface area contributed by atoms with Gasteiger partial charge in [0.05, 0.1) is 16.4 Å². The van der Waals surface area contributed by atoms with E-state index < -0.39 is 0 Å². The Hall–Kier alpha value is -3.86.